The number of methoxy groups -OCH3 is 1. The molecule has 0 N–H and O–H groups in total. The van der Waals surface area contributed by atoms with Crippen LogP contribution in [-0.2, 0) is 15.1 Å². The molecule has 33 heavy (non-hydrogen) atoms. The van der Waals surface area contributed by atoms with E-state index in [2.05, 4.69) is 6.58 Å². The zero-order valence-corrected chi connectivity index (χ0v) is 18.0. The van der Waals surface area contributed by atoms with Crippen LogP contribution in [0.5, 0.6) is 0 Å². The molecule has 5 rings (SSSR count). The molecular formula is C25H21FN2O5. The van der Waals surface area contributed by atoms with Crippen molar-refractivity contribution in [3.63, 3.8) is 0 Å². The number of amides is 2. The van der Waals surface area contributed by atoms with Gasteiger partial charge in [-0.1, -0.05) is 24.3 Å². The van der Waals surface area contributed by atoms with Gasteiger partial charge in [-0.25, -0.2) is 4.39 Å². The molecule has 0 bridgehead atoms. The molecule has 168 valence electrons. The number of fused-ring (bicyclic) bond motifs is 5. The number of para-hydroxylation sites is 1. The van der Waals surface area contributed by atoms with E-state index in [-0.39, 0.29) is 35.4 Å². The lowest BCUT2D eigenvalue weighted by atomic mass is 9.84. The molecule has 0 unspecified atom stereocenters. The third-order valence-electron chi connectivity index (χ3n) is 6.24. The van der Waals surface area contributed by atoms with Crippen LogP contribution in [0.15, 0.2) is 64.3 Å². The first-order valence-electron chi connectivity index (χ1n) is 10.6. The highest BCUT2D eigenvalue weighted by atomic mass is 19.1. The van der Waals surface area contributed by atoms with E-state index in [0.29, 0.717) is 24.3 Å². The summed E-state index contributed by atoms with van der Waals surface area (Å²) in [7, 11) is 1.55. The van der Waals surface area contributed by atoms with Crippen LogP contribution < -0.4 is 10.3 Å². The Balaban J connectivity index is 1.87. The molecule has 1 aromatic heterocycles. The molecule has 0 saturated heterocycles. The summed E-state index contributed by atoms with van der Waals surface area (Å²) >= 11 is 0. The summed E-state index contributed by atoms with van der Waals surface area (Å²) in [6, 6.07) is 10.6. The molecule has 3 aromatic rings. The number of hydrogen-bond acceptors (Lipinski definition) is 5. The van der Waals surface area contributed by atoms with Crippen LogP contribution in [0.4, 0.5) is 10.1 Å². The van der Waals surface area contributed by atoms with Crippen LogP contribution >= 0.6 is 0 Å². The van der Waals surface area contributed by atoms with E-state index < -0.39 is 28.6 Å². The van der Waals surface area contributed by atoms with Crippen molar-refractivity contribution in [2.45, 2.75) is 12.0 Å². The Bertz CT molecular complexity index is 1380. The number of benzene rings is 2. The second-order valence-corrected chi connectivity index (χ2v) is 8.01. The fraction of sp³-hybridized carbons (Fsp3) is 0.240. The van der Waals surface area contributed by atoms with E-state index >= 15 is 0 Å². The summed E-state index contributed by atoms with van der Waals surface area (Å²) in [5.74, 6) is -1.82. The van der Waals surface area contributed by atoms with Gasteiger partial charge in [-0.15, -0.1) is 6.58 Å². The summed E-state index contributed by atoms with van der Waals surface area (Å²) in [5, 5.41) is -0.0212. The van der Waals surface area contributed by atoms with Gasteiger partial charge in [-0.05, 0) is 30.7 Å². The van der Waals surface area contributed by atoms with Gasteiger partial charge < -0.3 is 19.0 Å². The summed E-state index contributed by atoms with van der Waals surface area (Å²) in [5.41, 5.74) is -1.21. The number of carbonyl (C=O) groups excluding carboxylic acids is 2. The van der Waals surface area contributed by atoms with E-state index in [9.17, 15) is 18.8 Å². The Labute approximate surface area is 188 Å². The maximum Gasteiger partial charge on any atom is 0.291 e. The first-order chi connectivity index (χ1) is 16.0. The minimum atomic E-state index is -1.71. The van der Waals surface area contributed by atoms with Crippen molar-refractivity contribution in [2.75, 3.05) is 31.7 Å². The van der Waals surface area contributed by atoms with Crippen LogP contribution in [0, 0.1) is 5.82 Å². The molecule has 0 fully saturated rings. The fourth-order valence-corrected chi connectivity index (χ4v) is 4.94. The van der Waals surface area contributed by atoms with Crippen LogP contribution in [0.1, 0.15) is 28.1 Å². The summed E-state index contributed by atoms with van der Waals surface area (Å²) in [4.78, 5) is 44.4. The lowest BCUT2D eigenvalue weighted by Gasteiger charge is -2.34. The minimum Gasteiger partial charge on any atom is -0.450 e. The number of ether oxygens (including phenoxy) is 1. The molecule has 8 heteroatoms. The molecule has 3 heterocycles. The monoisotopic (exact) mass is 448 g/mol. The highest BCUT2D eigenvalue weighted by Gasteiger charge is 2.64. The van der Waals surface area contributed by atoms with Crippen LogP contribution in [0.2, 0.25) is 0 Å². The average Bonchev–Trinajstić information content (AvgIpc) is 3.20. The quantitative estimate of drug-likeness (QED) is 0.427. The highest BCUT2D eigenvalue weighted by molar-refractivity contribution is 6.17. The average molecular weight is 448 g/mol. The minimum absolute atomic E-state index is 0.0212. The SMILES string of the molecule is C=CCN1C(=O)[C@@]2(c3ccccc31)c1c(oc3ccc(F)cc3c1=O)C(=O)N2CCCOC. The number of halogens is 1. The summed E-state index contributed by atoms with van der Waals surface area (Å²) < 4.78 is 25.0. The molecule has 2 aromatic carbocycles. The molecule has 2 amide bonds. The zero-order chi connectivity index (χ0) is 23.3. The van der Waals surface area contributed by atoms with Gasteiger partial charge in [0, 0.05) is 32.4 Å². The number of carbonyl (C=O) groups is 2. The van der Waals surface area contributed by atoms with Gasteiger partial charge in [0.05, 0.1) is 16.6 Å². The molecule has 0 radical (unpaired) electrons. The van der Waals surface area contributed by atoms with Crippen molar-refractivity contribution < 1.29 is 23.1 Å². The summed E-state index contributed by atoms with van der Waals surface area (Å²) in [6.45, 7) is 4.45. The predicted octanol–water partition coefficient (Wildman–Crippen LogP) is 3.20. The second-order valence-electron chi connectivity index (χ2n) is 8.01. The third-order valence-corrected chi connectivity index (χ3v) is 6.24. The Hall–Kier alpha value is -3.78. The van der Waals surface area contributed by atoms with Gasteiger partial charge in [0.1, 0.15) is 11.4 Å². The highest BCUT2D eigenvalue weighted by Crippen LogP contribution is 2.52. The Kier molecular flexibility index (Phi) is 4.90. The van der Waals surface area contributed by atoms with Crippen LogP contribution in [-0.4, -0.2) is 43.5 Å². The van der Waals surface area contributed by atoms with E-state index in [1.807, 2.05) is 0 Å². The normalized spacial score (nSPS) is 19.0. The number of rotatable bonds is 6. The molecular weight excluding hydrogens is 427 g/mol. The van der Waals surface area contributed by atoms with Gasteiger partial charge in [-0.3, -0.25) is 14.4 Å². The molecule has 1 atom stereocenters. The van der Waals surface area contributed by atoms with Crippen LogP contribution in [0.25, 0.3) is 11.0 Å². The van der Waals surface area contributed by atoms with Crippen molar-refractivity contribution in [3.8, 4) is 0 Å². The Morgan fingerprint density at radius 1 is 1.18 bits per heavy atom. The van der Waals surface area contributed by atoms with Gasteiger partial charge in [-0.2, -0.15) is 0 Å². The fourth-order valence-electron chi connectivity index (χ4n) is 4.94. The lowest BCUT2D eigenvalue weighted by molar-refractivity contribution is -0.126. The lowest BCUT2D eigenvalue weighted by Crippen LogP contribution is -2.53. The third kappa shape index (κ3) is 2.74. The van der Waals surface area contributed by atoms with Gasteiger partial charge in [0.15, 0.2) is 11.0 Å². The second kappa shape index (κ2) is 7.67. The molecule has 0 saturated carbocycles. The Morgan fingerprint density at radius 3 is 2.73 bits per heavy atom. The van der Waals surface area contributed by atoms with Gasteiger partial charge in [0.25, 0.3) is 11.8 Å². The molecule has 7 nitrogen and oxygen atoms in total. The topological polar surface area (TPSA) is 80.1 Å². The van der Waals surface area contributed by atoms with Crippen molar-refractivity contribution >= 4 is 28.5 Å². The summed E-state index contributed by atoms with van der Waals surface area (Å²) in [6.07, 6.45) is 2.02. The maximum atomic E-state index is 14.1. The van der Waals surface area contributed by atoms with Crippen molar-refractivity contribution in [1.82, 2.24) is 4.90 Å². The molecule has 0 aliphatic carbocycles. The van der Waals surface area contributed by atoms with E-state index in [4.69, 9.17) is 9.15 Å². The molecule has 2 aliphatic heterocycles. The zero-order valence-electron chi connectivity index (χ0n) is 18.0. The van der Waals surface area contributed by atoms with Crippen molar-refractivity contribution in [2.24, 2.45) is 0 Å². The number of anilines is 1. The smallest absolute Gasteiger partial charge is 0.291 e. The van der Waals surface area contributed by atoms with Gasteiger partial charge >= 0.3 is 0 Å². The first kappa shape index (κ1) is 21.1. The number of nitrogens with zero attached hydrogens (tertiary/aromatic N) is 2. The first-order valence-corrected chi connectivity index (χ1v) is 10.6. The Morgan fingerprint density at radius 2 is 1.97 bits per heavy atom. The van der Waals surface area contributed by atoms with Gasteiger partial charge in [0.2, 0.25) is 5.76 Å². The molecule has 2 aliphatic rings. The molecule has 1 spiro atoms. The number of hydrogen-bond donors (Lipinski definition) is 0. The van der Waals surface area contributed by atoms with E-state index in [1.54, 1.807) is 37.5 Å². The van der Waals surface area contributed by atoms with Crippen LogP contribution in [0.3, 0.4) is 0 Å². The standard InChI is InChI=1S/C25H21FN2O5/c1-3-11-27-18-8-5-4-7-17(18)25(24(27)31)20-21(29)16-14-15(26)9-10-19(16)33-22(20)23(30)28(25)12-6-13-32-2/h3-5,7-10,14H,1,6,11-13H2,2H3/t25-/m1/s1. The van der Waals surface area contributed by atoms with E-state index in [0.717, 1.165) is 12.1 Å². The van der Waals surface area contributed by atoms with Crippen molar-refractivity contribution in [1.29, 1.82) is 0 Å². The van der Waals surface area contributed by atoms with E-state index in [1.165, 1.54) is 15.9 Å². The predicted molar refractivity (Wildman–Crippen MR) is 120 cm³/mol. The maximum absolute atomic E-state index is 14.1. The largest absolute Gasteiger partial charge is 0.450 e. The van der Waals surface area contributed by atoms with Crippen molar-refractivity contribution in [3.05, 3.63) is 88.0 Å².